The standard InChI is InChI=1S/C28H29N7O/c1-34-13-12-30-28(34)27-32-26(31-21-14-22(15-21)36-2)25-24(20-6-4-3-5-7-20)23(17-35(25)33-27)19-10-8-18(16-29)9-11-19/h3-13,17,21-22H,14-16,29H2,1-2H3,(H,31,32,33). The van der Waals surface area contributed by atoms with Crippen LogP contribution in [0, 0.1) is 0 Å². The van der Waals surface area contributed by atoms with E-state index in [1.807, 2.05) is 28.4 Å². The van der Waals surface area contributed by atoms with E-state index < -0.39 is 0 Å². The Labute approximate surface area is 209 Å². The monoisotopic (exact) mass is 479 g/mol. The summed E-state index contributed by atoms with van der Waals surface area (Å²) in [5, 5.41) is 8.62. The van der Waals surface area contributed by atoms with Crippen LogP contribution in [0.3, 0.4) is 0 Å². The summed E-state index contributed by atoms with van der Waals surface area (Å²) in [6.07, 6.45) is 7.93. The first kappa shape index (κ1) is 22.5. The molecule has 0 spiro atoms. The molecule has 1 saturated carbocycles. The minimum Gasteiger partial charge on any atom is -0.381 e. The van der Waals surface area contributed by atoms with Gasteiger partial charge in [-0.3, -0.25) is 0 Å². The van der Waals surface area contributed by atoms with E-state index in [0.717, 1.165) is 52.0 Å². The molecule has 0 amide bonds. The van der Waals surface area contributed by atoms with Crippen molar-refractivity contribution in [3.63, 3.8) is 0 Å². The number of imidazole rings is 1. The van der Waals surface area contributed by atoms with Crippen LogP contribution in [0.4, 0.5) is 5.82 Å². The summed E-state index contributed by atoms with van der Waals surface area (Å²) < 4.78 is 9.39. The van der Waals surface area contributed by atoms with Crippen molar-refractivity contribution in [3.05, 3.63) is 78.8 Å². The van der Waals surface area contributed by atoms with Crippen LogP contribution in [0.15, 0.2) is 73.2 Å². The number of aryl methyl sites for hydroxylation is 1. The first-order valence-corrected chi connectivity index (χ1v) is 12.2. The second-order valence-electron chi connectivity index (χ2n) is 9.29. The molecule has 0 bridgehead atoms. The van der Waals surface area contributed by atoms with Gasteiger partial charge in [0.2, 0.25) is 5.82 Å². The number of aromatic nitrogens is 5. The van der Waals surface area contributed by atoms with Gasteiger partial charge in [0.25, 0.3) is 0 Å². The fraction of sp³-hybridized carbons (Fsp3) is 0.250. The Bertz CT molecular complexity index is 1500. The molecule has 1 fully saturated rings. The largest absolute Gasteiger partial charge is 0.381 e. The Balaban J connectivity index is 1.59. The maximum atomic E-state index is 5.85. The van der Waals surface area contributed by atoms with Gasteiger partial charge in [0.1, 0.15) is 5.52 Å². The van der Waals surface area contributed by atoms with E-state index in [9.17, 15) is 0 Å². The molecule has 36 heavy (non-hydrogen) atoms. The molecule has 8 nitrogen and oxygen atoms in total. The van der Waals surface area contributed by atoms with E-state index in [1.54, 1.807) is 13.3 Å². The molecule has 0 radical (unpaired) electrons. The molecule has 2 aromatic carbocycles. The second kappa shape index (κ2) is 9.22. The summed E-state index contributed by atoms with van der Waals surface area (Å²) in [5.41, 5.74) is 12.3. The van der Waals surface area contributed by atoms with Crippen molar-refractivity contribution in [1.82, 2.24) is 24.1 Å². The van der Waals surface area contributed by atoms with Gasteiger partial charge in [-0.1, -0.05) is 54.6 Å². The first-order chi connectivity index (χ1) is 17.6. The third-order valence-corrected chi connectivity index (χ3v) is 6.98. The molecule has 1 aliphatic rings. The lowest BCUT2D eigenvalue weighted by Gasteiger charge is -2.35. The maximum absolute atomic E-state index is 5.85. The van der Waals surface area contributed by atoms with Gasteiger partial charge < -0.3 is 20.4 Å². The number of fused-ring (bicyclic) bond motifs is 1. The summed E-state index contributed by atoms with van der Waals surface area (Å²) in [7, 11) is 3.72. The van der Waals surface area contributed by atoms with Crippen LogP contribution in [0.2, 0.25) is 0 Å². The van der Waals surface area contributed by atoms with Crippen molar-refractivity contribution in [2.75, 3.05) is 12.4 Å². The van der Waals surface area contributed by atoms with Crippen LogP contribution in [-0.4, -0.2) is 43.4 Å². The van der Waals surface area contributed by atoms with E-state index in [2.05, 4.69) is 65.0 Å². The van der Waals surface area contributed by atoms with Crippen molar-refractivity contribution < 1.29 is 4.74 Å². The van der Waals surface area contributed by atoms with Gasteiger partial charge in [-0.25, -0.2) is 14.5 Å². The highest BCUT2D eigenvalue weighted by Gasteiger charge is 2.31. The Morgan fingerprint density at radius 2 is 1.83 bits per heavy atom. The quantitative estimate of drug-likeness (QED) is 0.357. The van der Waals surface area contributed by atoms with Gasteiger partial charge in [-0.05, 0) is 29.5 Å². The van der Waals surface area contributed by atoms with Gasteiger partial charge in [-0.2, -0.15) is 0 Å². The molecular formula is C28H29N7O. The molecule has 3 N–H and O–H groups in total. The molecule has 0 saturated heterocycles. The van der Waals surface area contributed by atoms with Crippen molar-refractivity contribution >= 4 is 11.3 Å². The fourth-order valence-electron chi connectivity index (χ4n) is 4.86. The number of nitrogens with one attached hydrogen (secondary N) is 1. The van der Waals surface area contributed by atoms with Crippen molar-refractivity contribution in [3.8, 4) is 33.9 Å². The van der Waals surface area contributed by atoms with Crippen molar-refractivity contribution in [2.24, 2.45) is 12.8 Å². The number of ether oxygens (including phenoxy) is 1. The average Bonchev–Trinajstić information content (AvgIpc) is 3.50. The number of rotatable bonds is 7. The lowest BCUT2D eigenvalue weighted by Crippen LogP contribution is -2.40. The predicted octanol–water partition coefficient (Wildman–Crippen LogP) is 4.51. The molecule has 0 atom stereocenters. The van der Waals surface area contributed by atoms with E-state index in [-0.39, 0.29) is 12.1 Å². The number of hydrogen-bond acceptors (Lipinski definition) is 6. The van der Waals surface area contributed by atoms with Gasteiger partial charge >= 0.3 is 0 Å². The second-order valence-corrected chi connectivity index (χ2v) is 9.29. The Morgan fingerprint density at radius 1 is 1.06 bits per heavy atom. The highest BCUT2D eigenvalue weighted by molar-refractivity contribution is 5.99. The molecule has 8 heteroatoms. The maximum Gasteiger partial charge on any atom is 0.218 e. The molecule has 5 aromatic rings. The third-order valence-electron chi connectivity index (χ3n) is 6.98. The highest BCUT2D eigenvalue weighted by Crippen LogP contribution is 2.40. The molecular weight excluding hydrogens is 450 g/mol. The Kier molecular flexibility index (Phi) is 5.75. The van der Waals surface area contributed by atoms with E-state index in [4.69, 9.17) is 20.6 Å². The number of nitrogens with two attached hydrogens (primary N) is 1. The van der Waals surface area contributed by atoms with E-state index >= 15 is 0 Å². The van der Waals surface area contributed by atoms with Gasteiger partial charge in [0.15, 0.2) is 11.6 Å². The minimum atomic E-state index is 0.284. The lowest BCUT2D eigenvalue weighted by molar-refractivity contribution is 0.0328. The Hall–Kier alpha value is -4.01. The Morgan fingerprint density at radius 3 is 2.50 bits per heavy atom. The third kappa shape index (κ3) is 3.94. The number of hydrogen-bond donors (Lipinski definition) is 2. The zero-order chi connectivity index (χ0) is 24.6. The van der Waals surface area contributed by atoms with Crippen molar-refractivity contribution in [2.45, 2.75) is 31.5 Å². The van der Waals surface area contributed by atoms with Gasteiger partial charge in [0.05, 0.1) is 6.10 Å². The van der Waals surface area contributed by atoms with Gasteiger partial charge in [-0.15, -0.1) is 5.10 Å². The summed E-state index contributed by atoms with van der Waals surface area (Å²) in [6.45, 7) is 0.514. The summed E-state index contributed by atoms with van der Waals surface area (Å²) in [6, 6.07) is 19.1. The zero-order valence-electron chi connectivity index (χ0n) is 20.4. The number of benzene rings is 2. The highest BCUT2D eigenvalue weighted by atomic mass is 16.5. The molecule has 0 unspecified atom stereocenters. The molecule has 182 valence electrons. The molecule has 3 heterocycles. The zero-order valence-corrected chi connectivity index (χ0v) is 20.4. The lowest BCUT2D eigenvalue weighted by atomic mass is 9.89. The fourth-order valence-corrected chi connectivity index (χ4v) is 4.86. The van der Waals surface area contributed by atoms with E-state index in [1.165, 1.54) is 0 Å². The molecule has 0 aliphatic heterocycles. The number of methoxy groups -OCH3 is 1. The van der Waals surface area contributed by atoms with Crippen LogP contribution in [-0.2, 0) is 18.3 Å². The number of nitrogens with zero attached hydrogens (tertiary/aromatic N) is 5. The smallest absolute Gasteiger partial charge is 0.218 e. The predicted molar refractivity (Wildman–Crippen MR) is 141 cm³/mol. The summed E-state index contributed by atoms with van der Waals surface area (Å²) in [5.74, 6) is 2.08. The average molecular weight is 480 g/mol. The van der Waals surface area contributed by atoms with Crippen LogP contribution in [0.25, 0.3) is 39.4 Å². The molecule has 6 rings (SSSR count). The van der Waals surface area contributed by atoms with E-state index in [0.29, 0.717) is 18.2 Å². The van der Waals surface area contributed by atoms with Crippen LogP contribution in [0.5, 0.6) is 0 Å². The van der Waals surface area contributed by atoms with Crippen LogP contribution >= 0.6 is 0 Å². The first-order valence-electron chi connectivity index (χ1n) is 12.2. The van der Waals surface area contributed by atoms with Crippen LogP contribution in [0.1, 0.15) is 18.4 Å². The topological polar surface area (TPSA) is 95.3 Å². The SMILES string of the molecule is COC1CC(Nc2nc(-c3nccn3C)nn3cc(-c4ccc(CN)cc4)c(-c4ccccc4)c23)C1. The molecule has 1 aliphatic carbocycles. The minimum absolute atomic E-state index is 0.284. The van der Waals surface area contributed by atoms with Crippen LogP contribution < -0.4 is 11.1 Å². The summed E-state index contributed by atoms with van der Waals surface area (Å²) in [4.78, 5) is 9.52. The number of anilines is 1. The van der Waals surface area contributed by atoms with Gasteiger partial charge in [0, 0.05) is 56.5 Å². The summed E-state index contributed by atoms with van der Waals surface area (Å²) >= 11 is 0. The van der Waals surface area contributed by atoms with Crippen molar-refractivity contribution in [1.29, 1.82) is 0 Å². The normalized spacial score (nSPS) is 17.3. The molecule has 3 aromatic heterocycles.